The number of pyridine rings is 1. The quantitative estimate of drug-likeness (QED) is 0.792. The summed E-state index contributed by atoms with van der Waals surface area (Å²) in [5.41, 5.74) is 0.605. The average molecular weight is 250 g/mol. The molecule has 1 aromatic rings. The molecule has 100 valence electrons. The molecule has 0 radical (unpaired) electrons. The molecule has 1 atom stereocenters. The summed E-state index contributed by atoms with van der Waals surface area (Å²) < 4.78 is 0. The number of nitrogens with zero attached hydrogens (tertiary/aromatic N) is 2. The Morgan fingerprint density at radius 1 is 1.39 bits per heavy atom. The lowest BCUT2D eigenvalue weighted by molar-refractivity contribution is 0.0827. The van der Waals surface area contributed by atoms with E-state index in [4.69, 9.17) is 0 Å². The first-order valence-corrected chi connectivity index (χ1v) is 6.10. The van der Waals surface area contributed by atoms with Crippen molar-refractivity contribution in [3.05, 3.63) is 23.9 Å². The van der Waals surface area contributed by atoms with E-state index in [9.17, 15) is 4.79 Å². The van der Waals surface area contributed by atoms with Crippen molar-refractivity contribution in [1.82, 2.24) is 15.2 Å². The summed E-state index contributed by atoms with van der Waals surface area (Å²) in [4.78, 5) is 17.4. The highest BCUT2D eigenvalue weighted by Crippen LogP contribution is 2.07. The van der Waals surface area contributed by atoms with E-state index in [2.05, 4.69) is 22.5 Å². The van der Waals surface area contributed by atoms with Crippen LogP contribution in [0.4, 0.5) is 5.82 Å². The fourth-order valence-corrected chi connectivity index (χ4v) is 1.58. The Hall–Kier alpha value is -1.62. The van der Waals surface area contributed by atoms with Crippen molar-refractivity contribution in [2.45, 2.75) is 6.92 Å². The highest BCUT2D eigenvalue weighted by atomic mass is 16.2. The SMILES string of the molecule is CNCC(C)CNc1ccc(C(=O)N(C)C)cn1. The summed E-state index contributed by atoms with van der Waals surface area (Å²) in [5.74, 6) is 1.30. The Bertz CT molecular complexity index is 375. The normalized spacial score (nSPS) is 12.0. The summed E-state index contributed by atoms with van der Waals surface area (Å²) >= 11 is 0. The summed E-state index contributed by atoms with van der Waals surface area (Å²) in [6, 6.07) is 3.63. The highest BCUT2D eigenvalue weighted by Gasteiger charge is 2.08. The van der Waals surface area contributed by atoms with Crippen LogP contribution in [-0.4, -0.2) is 50.0 Å². The minimum Gasteiger partial charge on any atom is -0.370 e. The lowest BCUT2D eigenvalue weighted by Gasteiger charge is -2.13. The van der Waals surface area contributed by atoms with Crippen LogP contribution in [0.1, 0.15) is 17.3 Å². The van der Waals surface area contributed by atoms with Crippen molar-refractivity contribution < 1.29 is 4.79 Å². The second-order valence-corrected chi connectivity index (χ2v) is 4.68. The second kappa shape index (κ2) is 6.96. The molecular formula is C13H22N4O. The average Bonchev–Trinajstić information content (AvgIpc) is 2.36. The first kappa shape index (κ1) is 14.4. The molecule has 0 aliphatic heterocycles. The molecule has 0 saturated carbocycles. The van der Waals surface area contributed by atoms with Gasteiger partial charge >= 0.3 is 0 Å². The van der Waals surface area contributed by atoms with E-state index in [1.165, 1.54) is 0 Å². The molecule has 2 N–H and O–H groups in total. The molecule has 1 rings (SSSR count). The minimum absolute atomic E-state index is 0.0300. The zero-order valence-corrected chi connectivity index (χ0v) is 11.5. The molecule has 0 saturated heterocycles. The van der Waals surface area contributed by atoms with Crippen LogP contribution in [-0.2, 0) is 0 Å². The number of carbonyl (C=O) groups excluding carboxylic acids is 1. The third kappa shape index (κ3) is 4.33. The minimum atomic E-state index is -0.0300. The lowest BCUT2D eigenvalue weighted by Crippen LogP contribution is -2.23. The number of hydrogen-bond acceptors (Lipinski definition) is 4. The number of aromatic nitrogens is 1. The number of carbonyl (C=O) groups is 1. The van der Waals surface area contributed by atoms with Gasteiger partial charge in [0, 0.05) is 26.8 Å². The maximum absolute atomic E-state index is 11.7. The van der Waals surface area contributed by atoms with Gasteiger partial charge in [-0.25, -0.2) is 4.98 Å². The zero-order chi connectivity index (χ0) is 13.5. The fourth-order valence-electron chi connectivity index (χ4n) is 1.58. The van der Waals surface area contributed by atoms with Gasteiger partial charge in [0.2, 0.25) is 0 Å². The predicted molar refractivity (Wildman–Crippen MR) is 73.8 cm³/mol. The Balaban J connectivity index is 2.53. The molecular weight excluding hydrogens is 228 g/mol. The number of amides is 1. The van der Waals surface area contributed by atoms with Crippen molar-refractivity contribution in [3.63, 3.8) is 0 Å². The van der Waals surface area contributed by atoms with Crippen LogP contribution >= 0.6 is 0 Å². The van der Waals surface area contributed by atoms with Crippen LogP contribution < -0.4 is 10.6 Å². The Morgan fingerprint density at radius 3 is 2.61 bits per heavy atom. The third-order valence-electron chi connectivity index (χ3n) is 2.60. The van der Waals surface area contributed by atoms with Gasteiger partial charge in [0.25, 0.3) is 5.91 Å². The number of nitrogens with one attached hydrogen (secondary N) is 2. The maximum atomic E-state index is 11.7. The van der Waals surface area contributed by atoms with Gasteiger partial charge in [-0.05, 0) is 31.6 Å². The fraction of sp³-hybridized carbons (Fsp3) is 0.538. The number of anilines is 1. The van der Waals surface area contributed by atoms with Gasteiger partial charge in [-0.2, -0.15) is 0 Å². The summed E-state index contributed by atoms with van der Waals surface area (Å²) in [6.45, 7) is 3.98. The molecule has 5 heteroatoms. The van der Waals surface area contributed by atoms with Gasteiger partial charge < -0.3 is 15.5 Å². The van der Waals surface area contributed by atoms with Gasteiger partial charge in [0.15, 0.2) is 0 Å². The monoisotopic (exact) mass is 250 g/mol. The van der Waals surface area contributed by atoms with E-state index in [1.54, 1.807) is 31.3 Å². The Kier molecular flexibility index (Phi) is 5.58. The second-order valence-electron chi connectivity index (χ2n) is 4.68. The van der Waals surface area contributed by atoms with Crippen LogP contribution in [0.25, 0.3) is 0 Å². The van der Waals surface area contributed by atoms with E-state index in [0.717, 1.165) is 18.9 Å². The summed E-state index contributed by atoms with van der Waals surface area (Å²) in [6.07, 6.45) is 1.60. The summed E-state index contributed by atoms with van der Waals surface area (Å²) in [5, 5.41) is 6.38. The lowest BCUT2D eigenvalue weighted by atomic mass is 10.2. The molecule has 0 bridgehead atoms. The molecule has 0 aliphatic carbocycles. The van der Waals surface area contributed by atoms with Crippen LogP contribution in [0.3, 0.4) is 0 Å². The standard InChI is InChI=1S/C13H22N4O/c1-10(7-14-2)8-15-12-6-5-11(9-16-12)13(18)17(3)4/h5-6,9-10,14H,7-8H2,1-4H3,(H,15,16). The maximum Gasteiger partial charge on any atom is 0.254 e. The third-order valence-corrected chi connectivity index (χ3v) is 2.60. The van der Waals surface area contributed by atoms with E-state index in [0.29, 0.717) is 11.5 Å². The van der Waals surface area contributed by atoms with Crippen molar-refractivity contribution >= 4 is 11.7 Å². The molecule has 18 heavy (non-hydrogen) atoms. The smallest absolute Gasteiger partial charge is 0.254 e. The van der Waals surface area contributed by atoms with Gasteiger partial charge in [-0.1, -0.05) is 6.92 Å². The molecule has 1 amide bonds. The molecule has 1 unspecified atom stereocenters. The summed E-state index contributed by atoms with van der Waals surface area (Å²) in [7, 11) is 5.40. The first-order valence-electron chi connectivity index (χ1n) is 6.10. The van der Waals surface area contributed by atoms with Crippen molar-refractivity contribution in [1.29, 1.82) is 0 Å². The van der Waals surface area contributed by atoms with Crippen molar-refractivity contribution in [2.75, 3.05) is 39.5 Å². The van der Waals surface area contributed by atoms with Crippen molar-refractivity contribution in [3.8, 4) is 0 Å². The van der Waals surface area contributed by atoms with E-state index in [-0.39, 0.29) is 5.91 Å². The molecule has 0 aliphatic rings. The van der Waals surface area contributed by atoms with Crippen LogP contribution in [0.5, 0.6) is 0 Å². The number of rotatable bonds is 6. The van der Waals surface area contributed by atoms with Crippen LogP contribution in [0.15, 0.2) is 18.3 Å². The van der Waals surface area contributed by atoms with E-state index in [1.807, 2.05) is 13.1 Å². The van der Waals surface area contributed by atoms with Gasteiger partial charge in [0.05, 0.1) is 5.56 Å². The topological polar surface area (TPSA) is 57.3 Å². The Labute approximate surface area is 109 Å². The molecule has 5 nitrogen and oxygen atoms in total. The molecule has 0 aromatic carbocycles. The van der Waals surface area contributed by atoms with Gasteiger partial charge in [-0.3, -0.25) is 4.79 Å². The Morgan fingerprint density at radius 2 is 2.11 bits per heavy atom. The largest absolute Gasteiger partial charge is 0.370 e. The molecule has 0 spiro atoms. The highest BCUT2D eigenvalue weighted by molar-refractivity contribution is 5.93. The van der Waals surface area contributed by atoms with E-state index >= 15 is 0 Å². The van der Waals surface area contributed by atoms with Gasteiger partial charge in [-0.15, -0.1) is 0 Å². The zero-order valence-electron chi connectivity index (χ0n) is 11.5. The van der Waals surface area contributed by atoms with Crippen LogP contribution in [0.2, 0.25) is 0 Å². The van der Waals surface area contributed by atoms with Crippen LogP contribution in [0, 0.1) is 5.92 Å². The predicted octanol–water partition coefficient (Wildman–Crippen LogP) is 1.05. The van der Waals surface area contributed by atoms with Gasteiger partial charge in [0.1, 0.15) is 5.82 Å². The van der Waals surface area contributed by atoms with Crippen molar-refractivity contribution in [2.24, 2.45) is 5.92 Å². The number of hydrogen-bond donors (Lipinski definition) is 2. The molecule has 1 aromatic heterocycles. The van der Waals surface area contributed by atoms with E-state index < -0.39 is 0 Å². The molecule has 1 heterocycles. The first-order chi connectivity index (χ1) is 8.54. The molecule has 0 fully saturated rings.